The number of hydrogen-bond donors (Lipinski definition) is 4. The molecule has 2 rings (SSSR count). The van der Waals surface area contributed by atoms with Crippen molar-refractivity contribution in [2.45, 2.75) is 31.6 Å². The molecule has 0 amide bonds. The van der Waals surface area contributed by atoms with Crippen molar-refractivity contribution in [2.24, 2.45) is 17.4 Å². The zero-order valence-electron chi connectivity index (χ0n) is 15.1. The fraction of sp³-hybridized carbons (Fsp3) is 0.368. The van der Waals surface area contributed by atoms with Crippen molar-refractivity contribution < 1.29 is 19.4 Å². The summed E-state index contributed by atoms with van der Waals surface area (Å²) in [5.41, 5.74) is 14.1. The number of aromatic nitrogens is 1. The lowest BCUT2D eigenvalue weighted by molar-refractivity contribution is -0.141. The molecule has 0 saturated heterocycles. The number of carbonyl (C=O) groups is 1. The fourth-order valence-electron chi connectivity index (χ4n) is 2.91. The summed E-state index contributed by atoms with van der Waals surface area (Å²) >= 11 is 0. The van der Waals surface area contributed by atoms with Crippen molar-refractivity contribution in [3.05, 3.63) is 65.5 Å². The summed E-state index contributed by atoms with van der Waals surface area (Å²) in [6.07, 6.45) is 3.92. The maximum Gasteiger partial charge on any atom is 0.307 e. The first-order chi connectivity index (χ1) is 12.8. The highest BCUT2D eigenvalue weighted by Crippen LogP contribution is 2.47. The van der Waals surface area contributed by atoms with E-state index in [-0.39, 0.29) is 19.0 Å². The molecule has 146 valence electrons. The number of nitrogens with zero attached hydrogens (tertiary/aromatic N) is 1. The van der Waals surface area contributed by atoms with Crippen LogP contribution in [0, 0.1) is 5.92 Å². The number of aliphatic carboxylic acids is 1. The van der Waals surface area contributed by atoms with E-state index in [4.69, 9.17) is 11.5 Å². The predicted octanol–water partition coefficient (Wildman–Crippen LogP) is 1.97. The van der Waals surface area contributed by atoms with Crippen molar-refractivity contribution >= 4 is 13.3 Å². The van der Waals surface area contributed by atoms with E-state index in [1.807, 2.05) is 18.2 Å². The van der Waals surface area contributed by atoms with Gasteiger partial charge in [-0.25, -0.2) is 0 Å². The van der Waals surface area contributed by atoms with Crippen molar-refractivity contribution in [1.82, 2.24) is 4.98 Å². The molecule has 7 nitrogen and oxygen atoms in total. The Balaban J connectivity index is 2.02. The number of rotatable bonds is 10. The first-order valence-corrected chi connectivity index (χ1v) is 10.7. The molecule has 8 heteroatoms. The maximum absolute atomic E-state index is 12.7. The van der Waals surface area contributed by atoms with Gasteiger partial charge in [-0.3, -0.25) is 14.3 Å². The second-order valence-corrected chi connectivity index (χ2v) is 9.21. The highest BCUT2D eigenvalue weighted by atomic mass is 31.2. The van der Waals surface area contributed by atoms with Crippen LogP contribution in [0.3, 0.4) is 0 Å². The average Bonchev–Trinajstić information content (AvgIpc) is 2.66. The minimum absolute atomic E-state index is 0.156. The molecule has 0 aliphatic carbocycles. The van der Waals surface area contributed by atoms with Gasteiger partial charge in [0.15, 0.2) is 0 Å². The van der Waals surface area contributed by atoms with Gasteiger partial charge in [0.05, 0.1) is 11.7 Å². The molecular formula is C19H26N3O4P. The molecule has 2 aromatic rings. The third-order valence-corrected chi connectivity index (χ3v) is 6.77. The summed E-state index contributed by atoms with van der Waals surface area (Å²) in [5, 5.41) is 9.51. The highest BCUT2D eigenvalue weighted by Gasteiger charge is 2.34. The summed E-state index contributed by atoms with van der Waals surface area (Å²) in [4.78, 5) is 26.0. The molecule has 1 aromatic heterocycles. The Kier molecular flexibility index (Phi) is 7.68. The first kappa shape index (κ1) is 21.3. The van der Waals surface area contributed by atoms with E-state index >= 15 is 0 Å². The summed E-state index contributed by atoms with van der Waals surface area (Å²) in [5.74, 6) is -3.07. The summed E-state index contributed by atoms with van der Waals surface area (Å²) in [6.45, 7) is 0.350. The van der Waals surface area contributed by atoms with Gasteiger partial charge in [0.1, 0.15) is 0 Å². The third-order valence-electron chi connectivity index (χ3n) is 4.51. The molecule has 6 N–H and O–H groups in total. The minimum Gasteiger partial charge on any atom is -0.481 e. The van der Waals surface area contributed by atoms with Gasteiger partial charge >= 0.3 is 5.97 Å². The zero-order chi connectivity index (χ0) is 19.9. The average molecular weight is 391 g/mol. The molecule has 0 aliphatic heterocycles. The smallest absolute Gasteiger partial charge is 0.307 e. The number of nitrogens with two attached hydrogens (primary N) is 2. The Hall–Kier alpha value is -2.05. The van der Waals surface area contributed by atoms with Gasteiger partial charge in [0, 0.05) is 25.1 Å². The monoisotopic (exact) mass is 391 g/mol. The number of aryl methyl sites for hydroxylation is 1. The Bertz CT molecular complexity index is 801. The largest absolute Gasteiger partial charge is 0.481 e. The minimum atomic E-state index is -3.83. The van der Waals surface area contributed by atoms with Gasteiger partial charge in [-0.2, -0.15) is 0 Å². The zero-order valence-corrected chi connectivity index (χ0v) is 16.0. The van der Waals surface area contributed by atoms with Gasteiger partial charge in [-0.1, -0.05) is 30.3 Å². The van der Waals surface area contributed by atoms with Crippen LogP contribution in [-0.2, 0) is 28.7 Å². The van der Waals surface area contributed by atoms with Gasteiger partial charge in [0.25, 0.3) is 0 Å². The molecule has 3 atom stereocenters. The first-order valence-electron chi connectivity index (χ1n) is 8.78. The third kappa shape index (κ3) is 6.56. The lowest BCUT2D eigenvalue weighted by Gasteiger charge is -2.22. The molecule has 0 radical (unpaired) electrons. The fourth-order valence-corrected chi connectivity index (χ4v) is 4.63. The van der Waals surface area contributed by atoms with Crippen LogP contribution in [-0.4, -0.2) is 32.9 Å². The van der Waals surface area contributed by atoms with Crippen molar-refractivity contribution in [3.63, 3.8) is 0 Å². The summed E-state index contributed by atoms with van der Waals surface area (Å²) in [7, 11) is -3.83. The quantitative estimate of drug-likeness (QED) is 0.454. The van der Waals surface area contributed by atoms with Gasteiger partial charge in [-0.05, 0) is 42.0 Å². The van der Waals surface area contributed by atoms with E-state index in [0.29, 0.717) is 13.0 Å². The molecule has 3 unspecified atom stereocenters. The molecule has 0 spiro atoms. The van der Waals surface area contributed by atoms with E-state index in [1.165, 1.54) is 0 Å². The maximum atomic E-state index is 12.7. The lowest BCUT2D eigenvalue weighted by Crippen LogP contribution is -2.28. The van der Waals surface area contributed by atoms with Crippen LogP contribution in [0.1, 0.15) is 23.1 Å². The molecule has 27 heavy (non-hydrogen) atoms. The van der Waals surface area contributed by atoms with Crippen LogP contribution >= 0.6 is 7.37 Å². The Morgan fingerprint density at radius 2 is 1.89 bits per heavy atom. The second-order valence-electron chi connectivity index (χ2n) is 6.67. The standard InChI is InChI=1S/C19H26N3O4P/c20-11-16-4-1-3-15(9-16)10-17(19(23)24)13-27(25,26)18(21)7-6-14-5-2-8-22-12-14/h1-5,8-9,12,17-18H,6-7,10-11,13,20-21H2,(H,23,24)(H,25,26). The van der Waals surface area contributed by atoms with Crippen LogP contribution in [0.25, 0.3) is 0 Å². The van der Waals surface area contributed by atoms with Gasteiger partial charge < -0.3 is 21.5 Å². The Morgan fingerprint density at radius 1 is 1.19 bits per heavy atom. The number of carboxylic acids is 1. The molecule has 0 bridgehead atoms. The molecule has 0 aliphatic rings. The summed E-state index contributed by atoms with van der Waals surface area (Å²) < 4.78 is 12.7. The second kappa shape index (κ2) is 9.76. The van der Waals surface area contributed by atoms with Gasteiger partial charge in [-0.15, -0.1) is 0 Å². The number of hydrogen-bond acceptors (Lipinski definition) is 5. The lowest BCUT2D eigenvalue weighted by atomic mass is 9.99. The topological polar surface area (TPSA) is 140 Å². The molecule has 1 heterocycles. The molecule has 0 saturated carbocycles. The van der Waals surface area contributed by atoms with Crippen LogP contribution in [0.5, 0.6) is 0 Å². The number of pyridine rings is 1. The molecule has 1 aromatic carbocycles. The molecular weight excluding hydrogens is 365 g/mol. The Morgan fingerprint density at radius 3 is 2.52 bits per heavy atom. The van der Waals surface area contributed by atoms with Crippen molar-refractivity contribution in [1.29, 1.82) is 0 Å². The van der Waals surface area contributed by atoms with E-state index < -0.39 is 25.0 Å². The Labute approximate surface area is 158 Å². The SMILES string of the molecule is NCc1cccc(CC(CP(=O)(O)C(N)CCc2cccnc2)C(=O)O)c1. The number of carboxylic acid groups (broad SMARTS) is 1. The summed E-state index contributed by atoms with van der Waals surface area (Å²) in [6, 6.07) is 10.9. The highest BCUT2D eigenvalue weighted by molar-refractivity contribution is 7.58. The van der Waals surface area contributed by atoms with E-state index in [9.17, 15) is 19.4 Å². The van der Waals surface area contributed by atoms with E-state index in [2.05, 4.69) is 4.98 Å². The van der Waals surface area contributed by atoms with Crippen LogP contribution < -0.4 is 11.5 Å². The van der Waals surface area contributed by atoms with Crippen molar-refractivity contribution in [3.8, 4) is 0 Å². The number of benzene rings is 1. The van der Waals surface area contributed by atoms with Crippen LogP contribution in [0.15, 0.2) is 48.8 Å². The molecule has 0 fully saturated rings. The van der Waals surface area contributed by atoms with Crippen molar-refractivity contribution in [2.75, 3.05) is 6.16 Å². The van der Waals surface area contributed by atoms with E-state index in [1.54, 1.807) is 30.6 Å². The van der Waals surface area contributed by atoms with E-state index in [0.717, 1.165) is 16.7 Å². The predicted molar refractivity (Wildman–Crippen MR) is 104 cm³/mol. The normalized spacial score (nSPS) is 15.7. The van der Waals surface area contributed by atoms with Crippen LogP contribution in [0.2, 0.25) is 0 Å². The van der Waals surface area contributed by atoms with Crippen LogP contribution in [0.4, 0.5) is 0 Å². The van der Waals surface area contributed by atoms with Gasteiger partial charge in [0.2, 0.25) is 7.37 Å².